The number of nitrogens with two attached hydrogens (primary N) is 1. The van der Waals surface area contributed by atoms with Crippen molar-refractivity contribution in [2.24, 2.45) is 7.05 Å². The van der Waals surface area contributed by atoms with Crippen molar-refractivity contribution >= 4 is 15.8 Å². The molecule has 0 saturated carbocycles. The molecule has 0 unspecified atom stereocenters. The maximum Gasteiger partial charge on any atom is 0.246 e. The van der Waals surface area contributed by atoms with Crippen molar-refractivity contribution < 1.29 is 12.8 Å². The number of hydrogen-bond donors (Lipinski definition) is 2. The van der Waals surface area contributed by atoms with Crippen LogP contribution in [0.4, 0.5) is 10.2 Å². The van der Waals surface area contributed by atoms with Crippen molar-refractivity contribution in [3.8, 4) is 0 Å². The van der Waals surface area contributed by atoms with Crippen LogP contribution in [0.25, 0.3) is 0 Å². The number of aryl methyl sites for hydroxylation is 1. The first-order valence-corrected chi connectivity index (χ1v) is 7.33. The molecule has 0 aliphatic heterocycles. The van der Waals surface area contributed by atoms with Gasteiger partial charge >= 0.3 is 0 Å². The van der Waals surface area contributed by atoms with Gasteiger partial charge in [0.25, 0.3) is 0 Å². The van der Waals surface area contributed by atoms with Crippen molar-refractivity contribution in [3.05, 3.63) is 41.3 Å². The Bertz CT molecular complexity index is 740. The van der Waals surface area contributed by atoms with Gasteiger partial charge in [-0.15, -0.1) is 0 Å². The summed E-state index contributed by atoms with van der Waals surface area (Å²) in [7, 11) is -2.18. The fourth-order valence-electron chi connectivity index (χ4n) is 1.84. The molecule has 0 saturated heterocycles. The van der Waals surface area contributed by atoms with Crippen LogP contribution in [-0.4, -0.2) is 18.2 Å². The summed E-state index contributed by atoms with van der Waals surface area (Å²) in [5.41, 5.74) is 6.57. The van der Waals surface area contributed by atoms with E-state index in [-0.39, 0.29) is 17.3 Å². The van der Waals surface area contributed by atoms with E-state index in [0.717, 1.165) is 0 Å². The third kappa shape index (κ3) is 2.81. The molecule has 1 aromatic heterocycles. The van der Waals surface area contributed by atoms with Crippen LogP contribution in [-0.2, 0) is 23.6 Å². The van der Waals surface area contributed by atoms with Crippen LogP contribution in [0, 0.1) is 12.7 Å². The Balaban J connectivity index is 2.24. The lowest BCUT2D eigenvalue weighted by Gasteiger charge is -2.07. The molecule has 0 aliphatic rings. The molecule has 0 atom stereocenters. The van der Waals surface area contributed by atoms with Gasteiger partial charge in [0.2, 0.25) is 10.0 Å². The molecule has 0 bridgehead atoms. The molecule has 1 heterocycles. The van der Waals surface area contributed by atoms with E-state index in [9.17, 15) is 12.8 Å². The second-order valence-corrected chi connectivity index (χ2v) is 6.08. The molecule has 108 valence electrons. The number of nitrogens with one attached hydrogen (secondary N) is 1. The average molecular weight is 298 g/mol. The van der Waals surface area contributed by atoms with Gasteiger partial charge in [0.15, 0.2) is 5.82 Å². The lowest BCUT2D eigenvalue weighted by Crippen LogP contribution is -2.24. The minimum Gasteiger partial charge on any atom is -0.381 e. The number of benzene rings is 1. The molecule has 0 aliphatic carbocycles. The number of nitrogens with zero attached hydrogens (tertiary/aromatic N) is 2. The second kappa shape index (κ2) is 5.22. The molecule has 2 aromatic rings. The Hall–Kier alpha value is -1.93. The minimum atomic E-state index is -3.79. The Morgan fingerprint density at radius 1 is 1.45 bits per heavy atom. The van der Waals surface area contributed by atoms with E-state index >= 15 is 0 Å². The fourth-order valence-corrected chi connectivity index (χ4v) is 3.18. The van der Waals surface area contributed by atoms with Crippen LogP contribution in [0.3, 0.4) is 0 Å². The molecule has 0 amide bonds. The van der Waals surface area contributed by atoms with Gasteiger partial charge in [0.05, 0.1) is 5.69 Å². The predicted molar refractivity (Wildman–Crippen MR) is 72.8 cm³/mol. The van der Waals surface area contributed by atoms with Crippen LogP contribution < -0.4 is 10.5 Å². The number of rotatable bonds is 4. The van der Waals surface area contributed by atoms with E-state index in [1.165, 1.54) is 22.9 Å². The topological polar surface area (TPSA) is 90.0 Å². The van der Waals surface area contributed by atoms with Crippen LogP contribution in [0.1, 0.15) is 11.3 Å². The van der Waals surface area contributed by atoms with E-state index in [4.69, 9.17) is 5.73 Å². The number of hydrogen-bond acceptors (Lipinski definition) is 4. The number of anilines is 1. The van der Waals surface area contributed by atoms with Crippen molar-refractivity contribution in [3.63, 3.8) is 0 Å². The molecular formula is C12H15FN4O2S. The SMILES string of the molecule is Cc1c(S(=O)(=O)NCc2cccc(F)c2)c(N)nn1C. The van der Waals surface area contributed by atoms with Gasteiger partial charge in [0.1, 0.15) is 10.7 Å². The minimum absolute atomic E-state index is 0.0200. The smallest absolute Gasteiger partial charge is 0.246 e. The summed E-state index contributed by atoms with van der Waals surface area (Å²) in [5, 5.41) is 3.86. The van der Waals surface area contributed by atoms with Gasteiger partial charge in [-0.1, -0.05) is 12.1 Å². The molecule has 2 rings (SSSR count). The van der Waals surface area contributed by atoms with Crippen LogP contribution in [0.2, 0.25) is 0 Å². The molecule has 6 nitrogen and oxygen atoms in total. The Morgan fingerprint density at radius 2 is 2.15 bits per heavy atom. The molecule has 1 aromatic carbocycles. The first kappa shape index (κ1) is 14.5. The highest BCUT2D eigenvalue weighted by molar-refractivity contribution is 7.89. The summed E-state index contributed by atoms with van der Waals surface area (Å²) in [5.74, 6) is -0.476. The Kier molecular flexibility index (Phi) is 3.78. The van der Waals surface area contributed by atoms with Crippen LogP contribution in [0.5, 0.6) is 0 Å². The monoisotopic (exact) mass is 298 g/mol. The lowest BCUT2D eigenvalue weighted by atomic mass is 10.2. The van der Waals surface area contributed by atoms with E-state index in [0.29, 0.717) is 11.3 Å². The molecule has 0 radical (unpaired) electrons. The highest BCUT2D eigenvalue weighted by Gasteiger charge is 2.24. The molecule has 0 spiro atoms. The summed E-state index contributed by atoms with van der Waals surface area (Å²) in [6.45, 7) is 1.59. The maximum atomic E-state index is 13.0. The fraction of sp³-hybridized carbons (Fsp3) is 0.250. The average Bonchev–Trinajstić information content (AvgIpc) is 2.61. The summed E-state index contributed by atoms with van der Waals surface area (Å²) in [6.07, 6.45) is 0. The maximum absolute atomic E-state index is 13.0. The van der Waals surface area contributed by atoms with Gasteiger partial charge < -0.3 is 5.73 Å². The molecule has 8 heteroatoms. The highest BCUT2D eigenvalue weighted by atomic mass is 32.2. The van der Waals surface area contributed by atoms with Gasteiger partial charge in [0, 0.05) is 13.6 Å². The normalized spacial score (nSPS) is 11.8. The predicted octanol–water partition coefficient (Wildman–Crippen LogP) is 0.928. The third-order valence-electron chi connectivity index (χ3n) is 2.93. The second-order valence-electron chi connectivity index (χ2n) is 4.38. The van der Waals surface area contributed by atoms with E-state index in [2.05, 4.69) is 9.82 Å². The number of aromatic nitrogens is 2. The molecular weight excluding hydrogens is 283 g/mol. The zero-order valence-corrected chi connectivity index (χ0v) is 11.9. The number of sulfonamides is 1. The first-order chi connectivity index (χ1) is 9.31. The highest BCUT2D eigenvalue weighted by Crippen LogP contribution is 2.21. The third-order valence-corrected chi connectivity index (χ3v) is 4.49. The zero-order chi connectivity index (χ0) is 14.9. The van der Waals surface area contributed by atoms with E-state index in [1.807, 2.05) is 0 Å². The van der Waals surface area contributed by atoms with Crippen molar-refractivity contribution in [1.82, 2.24) is 14.5 Å². The molecule has 0 fully saturated rings. The summed E-state index contributed by atoms with van der Waals surface area (Å²) >= 11 is 0. The first-order valence-electron chi connectivity index (χ1n) is 5.84. The summed E-state index contributed by atoms with van der Waals surface area (Å²) in [6, 6.07) is 5.71. The van der Waals surface area contributed by atoms with Crippen molar-refractivity contribution in [2.45, 2.75) is 18.4 Å². The number of nitrogen functional groups attached to an aromatic ring is 1. The summed E-state index contributed by atoms with van der Waals surface area (Å²) < 4.78 is 41.2. The quantitative estimate of drug-likeness (QED) is 0.878. The van der Waals surface area contributed by atoms with Crippen LogP contribution >= 0.6 is 0 Å². The zero-order valence-electron chi connectivity index (χ0n) is 11.1. The van der Waals surface area contributed by atoms with Crippen LogP contribution in [0.15, 0.2) is 29.2 Å². The van der Waals surface area contributed by atoms with Crippen molar-refractivity contribution in [2.75, 3.05) is 5.73 Å². The van der Waals surface area contributed by atoms with Gasteiger partial charge in [-0.05, 0) is 24.6 Å². The van der Waals surface area contributed by atoms with Gasteiger partial charge in [-0.2, -0.15) is 5.10 Å². The molecule has 20 heavy (non-hydrogen) atoms. The molecule has 3 N–H and O–H groups in total. The Morgan fingerprint density at radius 3 is 2.70 bits per heavy atom. The van der Waals surface area contributed by atoms with Gasteiger partial charge in [-0.3, -0.25) is 4.68 Å². The van der Waals surface area contributed by atoms with E-state index in [1.54, 1.807) is 20.0 Å². The largest absolute Gasteiger partial charge is 0.381 e. The lowest BCUT2D eigenvalue weighted by molar-refractivity contribution is 0.579. The summed E-state index contributed by atoms with van der Waals surface area (Å²) in [4.78, 5) is -0.0450. The number of halogens is 1. The van der Waals surface area contributed by atoms with Crippen molar-refractivity contribution in [1.29, 1.82) is 0 Å². The van der Waals surface area contributed by atoms with E-state index < -0.39 is 15.8 Å². The van der Waals surface area contributed by atoms with Gasteiger partial charge in [-0.25, -0.2) is 17.5 Å². The Labute approximate surface area is 116 Å². The standard InChI is InChI=1S/C12H15FN4O2S/c1-8-11(12(14)16-17(8)2)20(18,19)15-7-9-4-3-5-10(13)6-9/h3-6,15H,7H2,1-2H3,(H2,14,16).